The molecule has 0 bridgehead atoms. The molecule has 0 unspecified atom stereocenters. The average Bonchev–Trinajstić information content (AvgIpc) is 2.81. The summed E-state index contributed by atoms with van der Waals surface area (Å²) in [4.78, 5) is 42.8. The molecular formula is C30H41N3O7. The molecule has 0 aromatic heterocycles. The highest BCUT2D eigenvalue weighted by atomic mass is 16.3. The average molecular weight is 556 g/mol. The number of aliphatic hydroxyl groups is 3. The van der Waals surface area contributed by atoms with Crippen molar-refractivity contribution in [2.75, 3.05) is 33.1 Å². The number of aromatic hydroxyl groups is 1. The summed E-state index contributed by atoms with van der Waals surface area (Å²) in [5, 5.41) is 45.7. The van der Waals surface area contributed by atoms with Crippen LogP contribution in [-0.2, 0) is 27.2 Å². The van der Waals surface area contributed by atoms with Crippen molar-refractivity contribution in [2.45, 2.75) is 64.5 Å². The Labute approximate surface area is 234 Å². The third-order valence-electron chi connectivity index (χ3n) is 8.63. The van der Waals surface area contributed by atoms with Crippen LogP contribution in [0.4, 0.5) is 5.69 Å². The number of anilines is 1. The molecule has 218 valence electrons. The predicted molar refractivity (Wildman–Crippen MR) is 151 cm³/mol. The van der Waals surface area contributed by atoms with Gasteiger partial charge >= 0.3 is 0 Å². The molecule has 1 aromatic carbocycles. The van der Waals surface area contributed by atoms with Gasteiger partial charge in [-0.1, -0.05) is 20.8 Å². The SMILES string of the molecule is CN(C)c1cc(CCCC(C)(C)C)c(O)c2c1C[C@H]1C[C@H]3[C@@H](N(C)C)C(=O)C(C(N)=O)=C(O)[C@@]3(O)C(=O)C1=C2O. The Bertz CT molecular complexity index is 1350. The van der Waals surface area contributed by atoms with Gasteiger partial charge in [-0.15, -0.1) is 0 Å². The van der Waals surface area contributed by atoms with E-state index in [-0.39, 0.29) is 35.1 Å². The standard InChI is InChI=1S/C30H41N3O7/c1-29(2,3)10-8-9-14-13-18(32(4)5)16-11-15-12-17-22(33(6)7)25(36)21(28(31)39)27(38)30(17,40)26(37)19(15)24(35)20(16)23(14)34/h13,15,17,22,34-35,38,40H,8-12H2,1-7H3,(H2,31,39)/t15-,17-,22+,30-/m0/s1. The first-order valence-electron chi connectivity index (χ1n) is 13.6. The number of nitrogens with zero attached hydrogens (tertiary/aromatic N) is 2. The van der Waals surface area contributed by atoms with E-state index in [4.69, 9.17) is 5.73 Å². The first-order chi connectivity index (χ1) is 18.4. The summed E-state index contributed by atoms with van der Waals surface area (Å²) in [6, 6.07) is 0.806. The number of benzene rings is 1. The molecule has 0 saturated heterocycles. The third-order valence-corrected chi connectivity index (χ3v) is 8.63. The molecule has 1 fully saturated rings. The number of Topliss-reactive ketones (excluding diaryl/α,β-unsaturated/α-hetero) is 2. The summed E-state index contributed by atoms with van der Waals surface area (Å²) in [5.74, 6) is -6.40. The van der Waals surface area contributed by atoms with Crippen LogP contribution in [0, 0.1) is 17.3 Å². The van der Waals surface area contributed by atoms with Crippen molar-refractivity contribution in [2.24, 2.45) is 23.0 Å². The number of phenols is 1. The molecule has 1 amide bonds. The Morgan fingerprint density at radius 2 is 1.75 bits per heavy atom. The van der Waals surface area contributed by atoms with Crippen LogP contribution < -0.4 is 10.6 Å². The third kappa shape index (κ3) is 4.47. The summed E-state index contributed by atoms with van der Waals surface area (Å²) in [6.45, 7) is 6.42. The predicted octanol–water partition coefficient (Wildman–Crippen LogP) is 2.40. The van der Waals surface area contributed by atoms with Crippen molar-refractivity contribution < 1.29 is 34.8 Å². The summed E-state index contributed by atoms with van der Waals surface area (Å²) in [7, 11) is 6.89. The highest BCUT2D eigenvalue weighted by Gasteiger charge is 2.64. The van der Waals surface area contributed by atoms with Crippen LogP contribution in [0.5, 0.6) is 5.75 Å². The fraction of sp³-hybridized carbons (Fsp3) is 0.567. The number of phenolic OH excluding ortho intramolecular Hbond substituents is 1. The van der Waals surface area contributed by atoms with Gasteiger partial charge in [-0.3, -0.25) is 19.3 Å². The number of primary amides is 1. The van der Waals surface area contributed by atoms with Crippen molar-refractivity contribution in [1.29, 1.82) is 0 Å². The lowest BCUT2D eigenvalue weighted by molar-refractivity contribution is -0.153. The van der Waals surface area contributed by atoms with Gasteiger partial charge in [-0.05, 0) is 74.7 Å². The summed E-state index contributed by atoms with van der Waals surface area (Å²) < 4.78 is 0. The molecule has 10 nitrogen and oxygen atoms in total. The molecule has 0 heterocycles. The van der Waals surface area contributed by atoms with Gasteiger partial charge in [0, 0.05) is 31.3 Å². The first kappa shape index (κ1) is 29.6. The molecule has 3 aliphatic rings. The highest BCUT2D eigenvalue weighted by Crippen LogP contribution is 2.54. The Balaban J connectivity index is 1.91. The van der Waals surface area contributed by atoms with E-state index in [9.17, 15) is 34.8 Å². The van der Waals surface area contributed by atoms with E-state index < -0.39 is 58.0 Å². The van der Waals surface area contributed by atoms with Gasteiger partial charge in [0.2, 0.25) is 5.78 Å². The Morgan fingerprint density at radius 3 is 2.27 bits per heavy atom. The molecule has 6 N–H and O–H groups in total. The number of carbonyl (C=O) groups is 3. The van der Waals surface area contributed by atoms with Crippen molar-refractivity contribution in [1.82, 2.24) is 4.90 Å². The number of hydrogen-bond acceptors (Lipinski definition) is 9. The summed E-state index contributed by atoms with van der Waals surface area (Å²) in [5.41, 5.74) is 4.11. The molecule has 0 aliphatic heterocycles. The van der Waals surface area contributed by atoms with E-state index in [0.29, 0.717) is 17.5 Å². The van der Waals surface area contributed by atoms with Gasteiger partial charge in [-0.2, -0.15) is 0 Å². The second-order valence-corrected chi connectivity index (χ2v) is 13.0. The van der Waals surface area contributed by atoms with E-state index in [2.05, 4.69) is 20.8 Å². The van der Waals surface area contributed by atoms with Crippen LogP contribution in [0.3, 0.4) is 0 Å². The normalized spacial score (nSPS) is 26.6. The number of likely N-dealkylation sites (N-methyl/N-ethyl adjacent to an activating group) is 1. The molecule has 4 rings (SSSR count). The zero-order chi connectivity index (χ0) is 30.1. The lowest BCUT2D eigenvalue weighted by Crippen LogP contribution is -2.65. The first-order valence-corrected chi connectivity index (χ1v) is 13.6. The van der Waals surface area contributed by atoms with Crippen molar-refractivity contribution in [3.63, 3.8) is 0 Å². The Hall–Kier alpha value is -3.37. The molecule has 1 aromatic rings. The maximum atomic E-state index is 14.1. The van der Waals surface area contributed by atoms with Gasteiger partial charge in [0.1, 0.15) is 22.8 Å². The highest BCUT2D eigenvalue weighted by molar-refractivity contribution is 6.24. The molecule has 3 aliphatic carbocycles. The van der Waals surface area contributed by atoms with Crippen LogP contribution in [0.25, 0.3) is 5.76 Å². The number of fused-ring (bicyclic) bond motifs is 3. The van der Waals surface area contributed by atoms with Crippen molar-refractivity contribution in [3.05, 3.63) is 39.7 Å². The smallest absolute Gasteiger partial charge is 0.255 e. The lowest BCUT2D eigenvalue weighted by Gasteiger charge is -2.50. The van der Waals surface area contributed by atoms with Gasteiger partial charge in [0.15, 0.2) is 11.4 Å². The van der Waals surface area contributed by atoms with E-state index in [1.807, 2.05) is 25.1 Å². The number of ketones is 2. The van der Waals surface area contributed by atoms with Crippen molar-refractivity contribution in [3.8, 4) is 5.75 Å². The number of hydrogen-bond donors (Lipinski definition) is 5. The van der Waals surface area contributed by atoms with Crippen LogP contribution in [0.15, 0.2) is 23.0 Å². The van der Waals surface area contributed by atoms with Gasteiger partial charge in [0.25, 0.3) is 5.91 Å². The summed E-state index contributed by atoms with van der Waals surface area (Å²) >= 11 is 0. The Kier molecular flexibility index (Phi) is 7.34. The fourth-order valence-corrected chi connectivity index (χ4v) is 6.74. The van der Waals surface area contributed by atoms with Crippen molar-refractivity contribution >= 4 is 28.9 Å². The minimum atomic E-state index is -2.64. The number of amides is 1. The van der Waals surface area contributed by atoms with E-state index in [0.717, 1.165) is 18.5 Å². The zero-order valence-corrected chi connectivity index (χ0v) is 24.3. The number of carbonyl (C=O) groups excluding carboxylic acids is 3. The second kappa shape index (κ2) is 9.92. The number of nitrogens with two attached hydrogens (primary N) is 1. The van der Waals surface area contributed by atoms with Gasteiger partial charge in [-0.25, -0.2) is 0 Å². The van der Waals surface area contributed by atoms with E-state index in [1.54, 1.807) is 14.1 Å². The largest absolute Gasteiger partial charge is 0.508 e. The molecule has 0 spiro atoms. The Morgan fingerprint density at radius 1 is 1.12 bits per heavy atom. The molecule has 10 heteroatoms. The van der Waals surface area contributed by atoms with E-state index >= 15 is 0 Å². The molecule has 40 heavy (non-hydrogen) atoms. The molecule has 1 saturated carbocycles. The monoisotopic (exact) mass is 555 g/mol. The quantitative estimate of drug-likeness (QED) is 0.332. The number of aryl methyl sites for hydroxylation is 1. The zero-order valence-electron chi connectivity index (χ0n) is 24.3. The molecule has 0 radical (unpaired) electrons. The number of rotatable bonds is 6. The minimum Gasteiger partial charge on any atom is -0.508 e. The summed E-state index contributed by atoms with van der Waals surface area (Å²) in [6.07, 6.45) is 2.60. The van der Waals surface area contributed by atoms with Gasteiger partial charge in [0.05, 0.1) is 11.6 Å². The van der Waals surface area contributed by atoms with Crippen LogP contribution in [0.2, 0.25) is 0 Å². The molecule has 4 atom stereocenters. The second-order valence-electron chi connectivity index (χ2n) is 13.0. The van der Waals surface area contributed by atoms with E-state index in [1.165, 1.54) is 4.90 Å². The number of aliphatic hydroxyl groups excluding tert-OH is 2. The topological polar surface area (TPSA) is 165 Å². The van der Waals surface area contributed by atoms with Crippen LogP contribution in [-0.4, -0.2) is 82.6 Å². The molecular weight excluding hydrogens is 514 g/mol. The van der Waals surface area contributed by atoms with Gasteiger partial charge < -0.3 is 31.1 Å². The minimum absolute atomic E-state index is 0.0622. The maximum absolute atomic E-state index is 14.1. The fourth-order valence-electron chi connectivity index (χ4n) is 6.74. The van der Waals surface area contributed by atoms with Crippen LogP contribution in [0.1, 0.15) is 56.7 Å². The maximum Gasteiger partial charge on any atom is 0.255 e. The lowest BCUT2D eigenvalue weighted by atomic mass is 9.57. The van der Waals surface area contributed by atoms with Crippen LogP contribution >= 0.6 is 0 Å².